The van der Waals surface area contributed by atoms with Gasteiger partial charge in [-0.3, -0.25) is 4.79 Å². The van der Waals surface area contributed by atoms with Crippen molar-refractivity contribution in [3.63, 3.8) is 0 Å². The van der Waals surface area contributed by atoms with Gasteiger partial charge in [-0.25, -0.2) is 0 Å². The Morgan fingerprint density at radius 2 is 2.38 bits per heavy atom. The number of methoxy groups -OCH3 is 1. The van der Waals surface area contributed by atoms with E-state index in [4.69, 9.17) is 14.6 Å². The molecular weight excluding hydrogens is 174 g/mol. The van der Waals surface area contributed by atoms with Crippen LogP contribution in [0.1, 0.15) is 6.42 Å². The van der Waals surface area contributed by atoms with Crippen molar-refractivity contribution in [2.75, 3.05) is 26.9 Å². The van der Waals surface area contributed by atoms with E-state index in [0.29, 0.717) is 19.6 Å². The lowest BCUT2D eigenvalue weighted by atomic mass is 10.2. The molecule has 0 aromatic carbocycles. The van der Waals surface area contributed by atoms with E-state index in [9.17, 15) is 4.79 Å². The second kappa shape index (κ2) is 5.16. The summed E-state index contributed by atoms with van der Waals surface area (Å²) >= 11 is 0. The third-order valence-corrected chi connectivity index (χ3v) is 1.92. The van der Waals surface area contributed by atoms with Crippen molar-refractivity contribution in [3.8, 4) is 0 Å². The Labute approximate surface area is 77.0 Å². The number of aliphatic hydroxyl groups excluding tert-OH is 1. The molecule has 0 radical (unpaired) electrons. The molecule has 13 heavy (non-hydrogen) atoms. The summed E-state index contributed by atoms with van der Waals surface area (Å²) in [7, 11) is 1.55. The van der Waals surface area contributed by atoms with Crippen molar-refractivity contribution in [2.45, 2.75) is 18.6 Å². The van der Waals surface area contributed by atoms with Crippen LogP contribution in [0.3, 0.4) is 0 Å². The van der Waals surface area contributed by atoms with E-state index in [1.54, 1.807) is 7.11 Å². The molecule has 2 N–H and O–H groups in total. The molecular formula is C8H15NO4. The largest absolute Gasteiger partial charge is 0.462 e. The van der Waals surface area contributed by atoms with E-state index in [1.807, 2.05) is 0 Å². The van der Waals surface area contributed by atoms with Crippen molar-refractivity contribution in [2.24, 2.45) is 0 Å². The van der Waals surface area contributed by atoms with Crippen LogP contribution in [0.5, 0.6) is 0 Å². The number of hydrogen-bond acceptors (Lipinski definition) is 5. The van der Waals surface area contributed by atoms with Crippen LogP contribution < -0.4 is 5.32 Å². The molecule has 0 aromatic rings. The van der Waals surface area contributed by atoms with Crippen LogP contribution in [0, 0.1) is 0 Å². The Bertz CT molecular complexity index is 174. The fraction of sp³-hybridized carbons (Fsp3) is 0.875. The molecule has 1 fully saturated rings. The molecule has 0 amide bonds. The average Bonchev–Trinajstić information content (AvgIpc) is 2.52. The van der Waals surface area contributed by atoms with Crippen molar-refractivity contribution < 1.29 is 19.4 Å². The van der Waals surface area contributed by atoms with Gasteiger partial charge in [0.25, 0.3) is 0 Å². The number of hydrogen-bond donors (Lipinski definition) is 2. The van der Waals surface area contributed by atoms with Gasteiger partial charge in [-0.05, 0) is 0 Å². The smallest absolute Gasteiger partial charge is 0.323 e. The Kier molecular flexibility index (Phi) is 4.14. The monoisotopic (exact) mass is 189 g/mol. The number of carbonyl (C=O) groups is 1. The van der Waals surface area contributed by atoms with Crippen molar-refractivity contribution in [1.29, 1.82) is 0 Å². The third kappa shape index (κ3) is 3.30. The molecule has 1 unspecified atom stereocenters. The Morgan fingerprint density at radius 3 is 2.92 bits per heavy atom. The summed E-state index contributed by atoms with van der Waals surface area (Å²) in [4.78, 5) is 11.2. The van der Waals surface area contributed by atoms with Crippen LogP contribution in [0.25, 0.3) is 0 Å². The minimum Gasteiger partial charge on any atom is -0.462 e. The summed E-state index contributed by atoms with van der Waals surface area (Å²) in [6.45, 7) is 1.13. The fourth-order valence-corrected chi connectivity index (χ4v) is 1.22. The molecule has 5 nitrogen and oxygen atoms in total. The predicted octanol–water partition coefficient (Wildman–Crippen LogP) is -1.10. The SMILES string of the molecule is COCCOC(=O)[C@@H]1CC(O)CN1. The van der Waals surface area contributed by atoms with Gasteiger partial charge in [-0.2, -0.15) is 0 Å². The first-order chi connectivity index (χ1) is 6.24. The molecule has 2 atom stereocenters. The average molecular weight is 189 g/mol. The van der Waals surface area contributed by atoms with Gasteiger partial charge in [0.15, 0.2) is 0 Å². The van der Waals surface area contributed by atoms with Crippen molar-refractivity contribution in [1.82, 2.24) is 5.32 Å². The topological polar surface area (TPSA) is 67.8 Å². The number of aliphatic hydroxyl groups is 1. The van der Waals surface area contributed by atoms with Crippen molar-refractivity contribution >= 4 is 5.97 Å². The molecule has 1 heterocycles. The predicted molar refractivity (Wildman–Crippen MR) is 45.2 cm³/mol. The van der Waals surface area contributed by atoms with Gasteiger partial charge in [0, 0.05) is 20.1 Å². The normalized spacial score (nSPS) is 27.5. The molecule has 0 spiro atoms. The molecule has 1 saturated heterocycles. The zero-order chi connectivity index (χ0) is 9.68. The zero-order valence-corrected chi connectivity index (χ0v) is 7.66. The number of rotatable bonds is 4. The van der Waals surface area contributed by atoms with E-state index in [1.165, 1.54) is 0 Å². The minimum atomic E-state index is -0.431. The maximum Gasteiger partial charge on any atom is 0.323 e. The Balaban J connectivity index is 2.16. The first-order valence-electron chi connectivity index (χ1n) is 4.31. The van der Waals surface area contributed by atoms with E-state index in [-0.39, 0.29) is 18.6 Å². The molecule has 0 aliphatic carbocycles. The lowest BCUT2D eigenvalue weighted by Crippen LogP contribution is -2.33. The molecule has 1 aliphatic heterocycles. The quantitative estimate of drug-likeness (QED) is 0.434. The van der Waals surface area contributed by atoms with E-state index in [2.05, 4.69) is 5.32 Å². The lowest BCUT2D eigenvalue weighted by Gasteiger charge is -2.09. The van der Waals surface area contributed by atoms with Crippen LogP contribution in [0.2, 0.25) is 0 Å². The second-order valence-corrected chi connectivity index (χ2v) is 3.01. The van der Waals surface area contributed by atoms with E-state index < -0.39 is 6.10 Å². The maximum absolute atomic E-state index is 11.2. The van der Waals surface area contributed by atoms with E-state index >= 15 is 0 Å². The highest BCUT2D eigenvalue weighted by molar-refractivity contribution is 5.76. The standard InChI is InChI=1S/C8H15NO4/c1-12-2-3-13-8(11)7-4-6(10)5-9-7/h6-7,9-10H,2-5H2,1H3/t6?,7-/m0/s1. The number of ether oxygens (including phenoxy) is 2. The van der Waals surface area contributed by atoms with Gasteiger partial charge in [0.05, 0.1) is 12.7 Å². The summed E-state index contributed by atoms with van der Waals surface area (Å²) in [5.41, 5.74) is 0. The molecule has 1 aliphatic rings. The Morgan fingerprint density at radius 1 is 1.62 bits per heavy atom. The lowest BCUT2D eigenvalue weighted by molar-refractivity contribution is -0.147. The summed E-state index contributed by atoms with van der Waals surface area (Å²) in [6, 6.07) is -0.355. The maximum atomic E-state index is 11.2. The summed E-state index contributed by atoms with van der Waals surface area (Å²) in [6.07, 6.45) is 0.00575. The molecule has 0 aromatic heterocycles. The third-order valence-electron chi connectivity index (χ3n) is 1.92. The Hall–Kier alpha value is -0.650. The van der Waals surface area contributed by atoms with Gasteiger partial charge in [0.2, 0.25) is 0 Å². The van der Waals surface area contributed by atoms with Gasteiger partial charge in [-0.1, -0.05) is 0 Å². The van der Waals surface area contributed by atoms with Gasteiger partial charge < -0.3 is 19.9 Å². The fourth-order valence-electron chi connectivity index (χ4n) is 1.22. The summed E-state index contributed by atoms with van der Waals surface area (Å²) in [5, 5.41) is 12.0. The highest BCUT2D eigenvalue weighted by Gasteiger charge is 2.28. The van der Waals surface area contributed by atoms with Gasteiger partial charge in [0.1, 0.15) is 12.6 Å². The number of esters is 1. The summed E-state index contributed by atoms with van der Waals surface area (Å²) in [5.74, 6) is -0.311. The van der Waals surface area contributed by atoms with Crippen LogP contribution in [-0.4, -0.2) is 50.1 Å². The molecule has 0 bridgehead atoms. The van der Waals surface area contributed by atoms with Gasteiger partial charge >= 0.3 is 5.97 Å². The first-order valence-corrected chi connectivity index (χ1v) is 4.31. The van der Waals surface area contributed by atoms with Crippen LogP contribution in [0.4, 0.5) is 0 Å². The first kappa shape index (κ1) is 10.4. The molecule has 1 rings (SSSR count). The second-order valence-electron chi connectivity index (χ2n) is 3.01. The zero-order valence-electron chi connectivity index (χ0n) is 7.66. The minimum absolute atomic E-state index is 0.267. The molecule has 0 saturated carbocycles. The van der Waals surface area contributed by atoms with Crippen LogP contribution in [0.15, 0.2) is 0 Å². The highest BCUT2D eigenvalue weighted by atomic mass is 16.6. The molecule has 76 valence electrons. The number of carbonyl (C=O) groups excluding carboxylic acids is 1. The van der Waals surface area contributed by atoms with Crippen LogP contribution in [-0.2, 0) is 14.3 Å². The number of nitrogens with one attached hydrogen (secondary N) is 1. The van der Waals surface area contributed by atoms with Crippen LogP contribution >= 0.6 is 0 Å². The van der Waals surface area contributed by atoms with Crippen molar-refractivity contribution in [3.05, 3.63) is 0 Å². The number of β-amino-alcohol motifs (C(OH)–C–C–N with tert-alkyl or cyclic N) is 1. The summed E-state index contributed by atoms with van der Waals surface area (Å²) < 4.78 is 9.61. The van der Waals surface area contributed by atoms with E-state index in [0.717, 1.165) is 0 Å². The highest BCUT2D eigenvalue weighted by Crippen LogP contribution is 2.07. The molecule has 5 heteroatoms. The van der Waals surface area contributed by atoms with Gasteiger partial charge in [-0.15, -0.1) is 0 Å².